The van der Waals surface area contributed by atoms with E-state index in [0.717, 1.165) is 12.8 Å². The van der Waals surface area contributed by atoms with Crippen LogP contribution in [0.25, 0.3) is 0 Å². The lowest BCUT2D eigenvalue weighted by Crippen LogP contribution is -2.48. The van der Waals surface area contributed by atoms with Gasteiger partial charge in [-0.15, -0.1) is 0 Å². The molecule has 0 aliphatic carbocycles. The monoisotopic (exact) mass is 259 g/mol. The van der Waals surface area contributed by atoms with Crippen molar-refractivity contribution in [1.82, 2.24) is 10.2 Å². The van der Waals surface area contributed by atoms with E-state index in [4.69, 9.17) is 5.73 Å². The minimum Gasteiger partial charge on any atom is -0.399 e. The number of likely N-dealkylation sites (tertiary alicyclic amines) is 1. The van der Waals surface area contributed by atoms with Gasteiger partial charge in [0.25, 0.3) is 5.91 Å². The second-order valence-electron chi connectivity index (χ2n) is 5.19. The number of piperidine rings is 1. The number of benzene rings is 1. The van der Waals surface area contributed by atoms with Crippen LogP contribution in [0.15, 0.2) is 24.3 Å². The highest BCUT2D eigenvalue weighted by Gasteiger charge is 2.42. The quantitative estimate of drug-likeness (QED) is 0.726. The van der Waals surface area contributed by atoms with Gasteiger partial charge < -0.3 is 16.0 Å². The van der Waals surface area contributed by atoms with E-state index >= 15 is 0 Å². The van der Waals surface area contributed by atoms with Crippen LogP contribution in [0.1, 0.15) is 23.2 Å². The summed E-state index contributed by atoms with van der Waals surface area (Å²) in [6, 6.07) is 7.00. The highest BCUT2D eigenvalue weighted by molar-refractivity contribution is 5.96. The molecule has 5 heteroatoms. The van der Waals surface area contributed by atoms with Gasteiger partial charge in [-0.1, -0.05) is 6.07 Å². The summed E-state index contributed by atoms with van der Waals surface area (Å²) >= 11 is 0. The van der Waals surface area contributed by atoms with Crippen molar-refractivity contribution in [1.29, 1.82) is 0 Å². The summed E-state index contributed by atoms with van der Waals surface area (Å²) < 4.78 is 0. The van der Waals surface area contributed by atoms with E-state index in [0.29, 0.717) is 24.3 Å². The van der Waals surface area contributed by atoms with Crippen molar-refractivity contribution in [3.8, 4) is 0 Å². The van der Waals surface area contributed by atoms with Gasteiger partial charge in [-0.2, -0.15) is 0 Å². The lowest BCUT2D eigenvalue weighted by Gasteiger charge is -2.36. The summed E-state index contributed by atoms with van der Waals surface area (Å²) in [6.45, 7) is 1.28. The molecule has 2 fully saturated rings. The Labute approximate surface area is 111 Å². The third-order valence-corrected chi connectivity index (χ3v) is 4.00. The molecule has 2 unspecified atom stereocenters. The van der Waals surface area contributed by atoms with Gasteiger partial charge >= 0.3 is 0 Å². The van der Waals surface area contributed by atoms with Crippen LogP contribution in [0.2, 0.25) is 0 Å². The number of carbonyl (C=O) groups excluding carboxylic acids is 2. The number of nitrogens with two attached hydrogens (primary N) is 1. The van der Waals surface area contributed by atoms with E-state index in [2.05, 4.69) is 5.32 Å². The number of anilines is 1. The second kappa shape index (κ2) is 4.57. The first-order chi connectivity index (χ1) is 9.16. The fourth-order valence-corrected chi connectivity index (χ4v) is 3.04. The Bertz CT molecular complexity index is 529. The minimum atomic E-state index is -0.0428. The van der Waals surface area contributed by atoms with Gasteiger partial charge in [0.1, 0.15) is 0 Å². The molecule has 2 amide bonds. The lowest BCUT2D eigenvalue weighted by atomic mass is 9.91. The molecule has 3 N–H and O–H groups in total. The number of nitrogens with one attached hydrogen (secondary N) is 1. The topological polar surface area (TPSA) is 75.4 Å². The van der Waals surface area contributed by atoms with Gasteiger partial charge in [0.05, 0.1) is 12.0 Å². The van der Waals surface area contributed by atoms with Crippen molar-refractivity contribution >= 4 is 17.5 Å². The molecular formula is C14H17N3O2. The van der Waals surface area contributed by atoms with Gasteiger partial charge in [-0.3, -0.25) is 9.59 Å². The maximum absolute atomic E-state index is 12.5. The van der Waals surface area contributed by atoms with Crippen molar-refractivity contribution < 1.29 is 9.59 Å². The third kappa shape index (κ3) is 2.05. The van der Waals surface area contributed by atoms with Gasteiger partial charge in [-0.05, 0) is 31.0 Å². The van der Waals surface area contributed by atoms with E-state index in [1.807, 2.05) is 4.90 Å². The number of fused-ring (bicyclic) bond motifs is 1. The summed E-state index contributed by atoms with van der Waals surface area (Å²) in [5, 5.41) is 2.85. The van der Waals surface area contributed by atoms with Crippen molar-refractivity contribution in [3.63, 3.8) is 0 Å². The molecule has 19 heavy (non-hydrogen) atoms. The molecule has 100 valence electrons. The SMILES string of the molecule is Nc1cccc(C(=O)N2CCCC3C(=O)NCC32)c1. The molecule has 2 heterocycles. The number of hydrogen-bond donors (Lipinski definition) is 2. The average molecular weight is 259 g/mol. The number of rotatable bonds is 1. The standard InChI is InChI=1S/C14H17N3O2/c15-10-4-1-3-9(7-10)14(19)17-6-2-5-11-12(17)8-16-13(11)18/h1,3-4,7,11-12H,2,5-6,8,15H2,(H,16,18). The van der Waals surface area contributed by atoms with Crippen LogP contribution < -0.4 is 11.1 Å². The van der Waals surface area contributed by atoms with Gasteiger partial charge in [0.2, 0.25) is 5.91 Å². The Hall–Kier alpha value is -2.04. The molecule has 0 radical (unpaired) electrons. The maximum atomic E-state index is 12.5. The highest BCUT2D eigenvalue weighted by atomic mass is 16.2. The van der Waals surface area contributed by atoms with E-state index in [-0.39, 0.29) is 23.8 Å². The molecule has 0 spiro atoms. The first kappa shape index (κ1) is 12.0. The molecule has 1 aromatic rings. The Morgan fingerprint density at radius 2 is 2.26 bits per heavy atom. The summed E-state index contributed by atoms with van der Waals surface area (Å²) in [4.78, 5) is 26.1. The molecule has 2 aliphatic rings. The van der Waals surface area contributed by atoms with Crippen molar-refractivity contribution in [2.24, 2.45) is 5.92 Å². The predicted molar refractivity (Wildman–Crippen MR) is 71.4 cm³/mol. The summed E-state index contributed by atoms with van der Waals surface area (Å²) in [6.07, 6.45) is 1.75. The molecule has 0 bridgehead atoms. The molecule has 2 aliphatic heterocycles. The Kier molecular flexibility index (Phi) is 2.89. The van der Waals surface area contributed by atoms with Crippen LogP contribution in [0.4, 0.5) is 5.69 Å². The largest absolute Gasteiger partial charge is 0.399 e. The number of hydrogen-bond acceptors (Lipinski definition) is 3. The molecule has 2 atom stereocenters. The van der Waals surface area contributed by atoms with Gasteiger partial charge in [-0.25, -0.2) is 0 Å². The zero-order chi connectivity index (χ0) is 13.4. The first-order valence-corrected chi connectivity index (χ1v) is 6.61. The fraction of sp³-hybridized carbons (Fsp3) is 0.429. The zero-order valence-electron chi connectivity index (χ0n) is 10.6. The van der Waals surface area contributed by atoms with E-state index < -0.39 is 0 Å². The van der Waals surface area contributed by atoms with Crippen molar-refractivity contribution in [3.05, 3.63) is 29.8 Å². The number of carbonyl (C=O) groups is 2. The smallest absolute Gasteiger partial charge is 0.254 e. The molecule has 0 aromatic heterocycles. The highest BCUT2D eigenvalue weighted by Crippen LogP contribution is 2.28. The second-order valence-corrected chi connectivity index (χ2v) is 5.19. The molecule has 3 rings (SSSR count). The Morgan fingerprint density at radius 1 is 1.42 bits per heavy atom. The summed E-state index contributed by atoms with van der Waals surface area (Å²) in [5.41, 5.74) is 6.90. The van der Waals surface area contributed by atoms with Crippen LogP contribution in [-0.2, 0) is 4.79 Å². The molecule has 5 nitrogen and oxygen atoms in total. The Balaban J connectivity index is 1.85. The van der Waals surface area contributed by atoms with Crippen LogP contribution in [0.5, 0.6) is 0 Å². The zero-order valence-corrected chi connectivity index (χ0v) is 10.6. The normalized spacial score (nSPS) is 25.9. The predicted octanol–water partition coefficient (Wildman–Crippen LogP) is 0.619. The van der Waals surface area contributed by atoms with E-state index in [1.165, 1.54) is 0 Å². The number of nitrogens with zero attached hydrogens (tertiary/aromatic N) is 1. The van der Waals surface area contributed by atoms with Crippen LogP contribution in [0, 0.1) is 5.92 Å². The third-order valence-electron chi connectivity index (χ3n) is 4.00. The van der Waals surface area contributed by atoms with Crippen LogP contribution >= 0.6 is 0 Å². The maximum Gasteiger partial charge on any atom is 0.254 e. The van der Waals surface area contributed by atoms with Crippen LogP contribution in [-0.4, -0.2) is 35.8 Å². The number of amides is 2. The lowest BCUT2D eigenvalue weighted by molar-refractivity contribution is -0.123. The first-order valence-electron chi connectivity index (χ1n) is 6.61. The Morgan fingerprint density at radius 3 is 3.05 bits per heavy atom. The molecule has 2 saturated heterocycles. The summed E-state index contributed by atoms with van der Waals surface area (Å²) in [7, 11) is 0. The average Bonchev–Trinajstić information content (AvgIpc) is 2.80. The van der Waals surface area contributed by atoms with Gasteiger partial charge in [0.15, 0.2) is 0 Å². The van der Waals surface area contributed by atoms with Crippen LogP contribution in [0.3, 0.4) is 0 Å². The summed E-state index contributed by atoms with van der Waals surface area (Å²) in [5.74, 6) is 0.00679. The molecule has 1 aromatic carbocycles. The molecular weight excluding hydrogens is 242 g/mol. The minimum absolute atomic E-state index is 0.00446. The fourth-order valence-electron chi connectivity index (χ4n) is 3.04. The van der Waals surface area contributed by atoms with Crippen molar-refractivity contribution in [2.75, 3.05) is 18.8 Å². The molecule has 0 saturated carbocycles. The van der Waals surface area contributed by atoms with E-state index in [9.17, 15) is 9.59 Å². The number of nitrogen functional groups attached to an aromatic ring is 1. The van der Waals surface area contributed by atoms with Crippen molar-refractivity contribution in [2.45, 2.75) is 18.9 Å². The van der Waals surface area contributed by atoms with Gasteiger partial charge in [0, 0.05) is 24.3 Å². The van der Waals surface area contributed by atoms with E-state index in [1.54, 1.807) is 24.3 Å².